The van der Waals surface area contributed by atoms with Crippen molar-refractivity contribution in [2.75, 3.05) is 26.1 Å². The summed E-state index contributed by atoms with van der Waals surface area (Å²) in [5, 5.41) is 2.97. The first-order chi connectivity index (χ1) is 24.7. The van der Waals surface area contributed by atoms with E-state index < -0.39 is 6.04 Å². The molecule has 260 valence electrons. The summed E-state index contributed by atoms with van der Waals surface area (Å²) in [7, 11) is 3.11. The van der Waals surface area contributed by atoms with Gasteiger partial charge in [0.2, 0.25) is 0 Å². The van der Waals surface area contributed by atoms with Gasteiger partial charge in [0.25, 0.3) is 11.5 Å². The Balaban J connectivity index is 1.35. The number of esters is 1. The molecule has 1 aromatic heterocycles. The Kier molecular flexibility index (Phi) is 10.8. The number of nitrogens with zero attached hydrogens (tertiary/aromatic N) is 2. The fourth-order valence-corrected chi connectivity index (χ4v) is 7.30. The van der Waals surface area contributed by atoms with Gasteiger partial charge in [-0.3, -0.25) is 14.2 Å². The predicted molar refractivity (Wildman–Crippen MR) is 199 cm³/mol. The molecule has 1 aliphatic rings. The van der Waals surface area contributed by atoms with Gasteiger partial charge in [-0.05, 0) is 101 Å². The van der Waals surface area contributed by atoms with Crippen LogP contribution in [0.15, 0.2) is 117 Å². The molecular formula is C39H34BrN3O7S. The van der Waals surface area contributed by atoms with Crippen LogP contribution in [0.1, 0.15) is 46.9 Å². The lowest BCUT2D eigenvalue weighted by Gasteiger charge is -2.25. The number of methoxy groups -OCH3 is 2. The molecular weight excluding hydrogens is 734 g/mol. The van der Waals surface area contributed by atoms with Crippen LogP contribution >= 0.6 is 27.3 Å². The van der Waals surface area contributed by atoms with Gasteiger partial charge in [-0.2, -0.15) is 0 Å². The van der Waals surface area contributed by atoms with Gasteiger partial charge < -0.3 is 24.3 Å². The van der Waals surface area contributed by atoms with E-state index in [1.165, 1.54) is 11.3 Å². The molecule has 5 aromatic rings. The Morgan fingerprint density at radius 1 is 0.980 bits per heavy atom. The average Bonchev–Trinajstić information content (AvgIpc) is 3.44. The molecule has 10 nitrogen and oxygen atoms in total. The molecule has 0 radical (unpaired) electrons. The van der Waals surface area contributed by atoms with E-state index in [-0.39, 0.29) is 24.0 Å². The van der Waals surface area contributed by atoms with Crippen LogP contribution in [0, 0.1) is 0 Å². The lowest BCUT2D eigenvalue weighted by atomic mass is 9.95. The van der Waals surface area contributed by atoms with Crippen molar-refractivity contribution in [2.45, 2.75) is 26.5 Å². The first-order valence-corrected chi connectivity index (χ1v) is 17.6. The number of rotatable bonds is 11. The normalized spacial score (nSPS) is 14.0. The number of halogens is 1. The standard InChI is InChI=1S/C39H34BrN3O7S/c1-5-49-38(46)26-16-14-24(15-17-26)22-50-35-30(40)18-25(19-31(35)48-4)20-32-37(45)43-34(27-10-9-13-29(21-27)47-3)33(23(2)41-39(43)51-32)36(44)42-28-11-7-6-8-12-28/h6-21,34H,5,22H2,1-4H3,(H,42,44)/b32-20-/t34-/m1/s1. The number of para-hydroxylation sites is 1. The summed E-state index contributed by atoms with van der Waals surface area (Å²) in [5.41, 5.74) is 3.89. The van der Waals surface area contributed by atoms with Crippen LogP contribution in [0.3, 0.4) is 0 Å². The third kappa shape index (κ3) is 7.67. The first kappa shape index (κ1) is 35.4. The molecule has 0 spiro atoms. The smallest absolute Gasteiger partial charge is 0.338 e. The Bertz CT molecular complexity index is 2320. The van der Waals surface area contributed by atoms with Crippen molar-refractivity contribution in [3.63, 3.8) is 0 Å². The van der Waals surface area contributed by atoms with E-state index in [1.807, 2.05) is 48.5 Å². The number of aromatic nitrogens is 1. The first-order valence-electron chi connectivity index (χ1n) is 16.0. The molecule has 51 heavy (non-hydrogen) atoms. The van der Waals surface area contributed by atoms with E-state index in [0.29, 0.717) is 71.3 Å². The molecule has 1 N–H and O–H groups in total. The van der Waals surface area contributed by atoms with Gasteiger partial charge in [0, 0.05) is 5.69 Å². The van der Waals surface area contributed by atoms with Crippen LogP contribution in [0.4, 0.5) is 5.69 Å². The molecule has 0 bridgehead atoms. The summed E-state index contributed by atoms with van der Waals surface area (Å²) >= 11 is 4.85. The van der Waals surface area contributed by atoms with E-state index in [2.05, 4.69) is 21.2 Å². The van der Waals surface area contributed by atoms with Crippen LogP contribution in [0.5, 0.6) is 17.2 Å². The van der Waals surface area contributed by atoms with Crippen LogP contribution in [0.2, 0.25) is 0 Å². The topological polar surface area (TPSA) is 117 Å². The largest absolute Gasteiger partial charge is 0.497 e. The minimum atomic E-state index is -0.759. The maximum Gasteiger partial charge on any atom is 0.338 e. The summed E-state index contributed by atoms with van der Waals surface area (Å²) in [6.45, 7) is 4.07. The second-order valence-electron chi connectivity index (χ2n) is 11.4. The zero-order valence-corrected chi connectivity index (χ0v) is 30.7. The van der Waals surface area contributed by atoms with Crippen LogP contribution in [-0.4, -0.2) is 37.3 Å². The van der Waals surface area contributed by atoms with Crippen LogP contribution < -0.4 is 34.4 Å². The van der Waals surface area contributed by atoms with Crippen molar-refractivity contribution in [3.05, 3.63) is 149 Å². The van der Waals surface area contributed by atoms with Crippen molar-refractivity contribution in [3.8, 4) is 17.2 Å². The SMILES string of the molecule is CCOC(=O)c1ccc(COc2c(Br)cc(/C=c3\sc4n(c3=O)[C@H](c3cccc(OC)c3)C(C(=O)Nc3ccccc3)=C(C)N=4)cc2OC)cc1. The zero-order valence-electron chi connectivity index (χ0n) is 28.3. The predicted octanol–water partition coefficient (Wildman–Crippen LogP) is 6.41. The second-order valence-corrected chi connectivity index (χ2v) is 13.3. The third-order valence-electron chi connectivity index (χ3n) is 8.11. The van der Waals surface area contributed by atoms with Gasteiger partial charge in [-0.15, -0.1) is 0 Å². The Labute approximate surface area is 306 Å². The average molecular weight is 769 g/mol. The van der Waals surface area contributed by atoms with Crippen molar-refractivity contribution in [1.29, 1.82) is 0 Å². The molecule has 0 fully saturated rings. The number of allylic oxidation sites excluding steroid dienone is 1. The number of anilines is 1. The zero-order chi connectivity index (χ0) is 36.1. The highest BCUT2D eigenvalue weighted by Gasteiger charge is 2.33. The number of fused-ring (bicyclic) bond motifs is 1. The van der Waals surface area contributed by atoms with Gasteiger partial charge in [0.15, 0.2) is 16.3 Å². The highest BCUT2D eigenvalue weighted by molar-refractivity contribution is 9.10. The van der Waals surface area contributed by atoms with E-state index in [4.69, 9.17) is 23.9 Å². The third-order valence-corrected chi connectivity index (χ3v) is 9.68. The van der Waals surface area contributed by atoms with Crippen molar-refractivity contribution in [2.24, 2.45) is 4.99 Å². The quantitative estimate of drug-likeness (QED) is 0.155. The Morgan fingerprint density at radius 3 is 2.45 bits per heavy atom. The molecule has 12 heteroatoms. The minimum Gasteiger partial charge on any atom is -0.497 e. The molecule has 0 aliphatic carbocycles. The fourth-order valence-electron chi connectivity index (χ4n) is 5.68. The molecule has 0 saturated carbocycles. The highest BCUT2D eigenvalue weighted by atomic mass is 79.9. The lowest BCUT2D eigenvalue weighted by Crippen LogP contribution is -2.40. The maximum atomic E-state index is 14.3. The Morgan fingerprint density at radius 2 is 1.75 bits per heavy atom. The Hall–Kier alpha value is -5.46. The summed E-state index contributed by atoms with van der Waals surface area (Å²) in [6, 6.07) is 26.3. The van der Waals surface area contributed by atoms with Gasteiger partial charge >= 0.3 is 5.97 Å². The highest BCUT2D eigenvalue weighted by Crippen LogP contribution is 2.38. The van der Waals surface area contributed by atoms with Crippen LogP contribution in [-0.2, 0) is 16.1 Å². The monoisotopic (exact) mass is 767 g/mol. The van der Waals surface area contributed by atoms with Crippen molar-refractivity contribution < 1.29 is 28.5 Å². The number of benzene rings is 4. The molecule has 2 heterocycles. The minimum absolute atomic E-state index is 0.222. The number of thiazole rings is 1. The maximum absolute atomic E-state index is 14.3. The van der Waals surface area contributed by atoms with E-state index >= 15 is 0 Å². The van der Waals surface area contributed by atoms with Crippen molar-refractivity contribution in [1.82, 2.24) is 4.57 Å². The number of ether oxygens (including phenoxy) is 4. The number of carbonyl (C=O) groups is 2. The van der Waals surface area contributed by atoms with Gasteiger partial charge in [0.1, 0.15) is 12.4 Å². The molecule has 1 atom stereocenters. The second kappa shape index (κ2) is 15.6. The lowest BCUT2D eigenvalue weighted by molar-refractivity contribution is -0.113. The molecule has 1 amide bonds. The van der Waals surface area contributed by atoms with E-state index in [9.17, 15) is 14.4 Å². The summed E-state index contributed by atoms with van der Waals surface area (Å²) in [4.78, 5) is 45.3. The summed E-state index contributed by atoms with van der Waals surface area (Å²) < 4.78 is 25.0. The van der Waals surface area contributed by atoms with Gasteiger partial charge in [0.05, 0.1) is 52.7 Å². The fraction of sp³-hybridized carbons (Fsp3) is 0.179. The van der Waals surface area contributed by atoms with E-state index in [1.54, 1.807) is 81.2 Å². The van der Waals surface area contributed by atoms with E-state index in [0.717, 1.165) is 5.56 Å². The van der Waals surface area contributed by atoms with Gasteiger partial charge in [-0.25, -0.2) is 9.79 Å². The molecule has 0 unspecified atom stereocenters. The molecule has 4 aromatic carbocycles. The number of nitrogens with one attached hydrogen (secondary N) is 1. The number of carbonyl (C=O) groups excluding carboxylic acids is 2. The number of hydrogen-bond donors (Lipinski definition) is 1. The number of hydrogen-bond acceptors (Lipinski definition) is 9. The molecule has 6 rings (SSSR count). The summed E-state index contributed by atoms with van der Waals surface area (Å²) in [5.74, 6) is 0.797. The van der Waals surface area contributed by atoms with Crippen molar-refractivity contribution >= 4 is 50.9 Å². The van der Waals surface area contributed by atoms with Crippen LogP contribution in [0.25, 0.3) is 6.08 Å². The van der Waals surface area contributed by atoms with Gasteiger partial charge in [-0.1, -0.05) is 53.8 Å². The molecule has 0 saturated heterocycles. The number of amides is 1. The molecule has 1 aliphatic heterocycles. The summed E-state index contributed by atoms with van der Waals surface area (Å²) in [6.07, 6.45) is 1.76.